The van der Waals surface area contributed by atoms with Gasteiger partial charge in [-0.25, -0.2) is 0 Å². The smallest absolute Gasteiger partial charge is 0.00127 e. The number of nitrogens with zero attached hydrogens (tertiary/aromatic N) is 1. The van der Waals surface area contributed by atoms with Gasteiger partial charge in [0.1, 0.15) is 0 Å². The third kappa shape index (κ3) is 3.35. The van der Waals surface area contributed by atoms with E-state index in [-0.39, 0.29) is 0 Å². The second-order valence-corrected chi connectivity index (χ2v) is 4.41. The summed E-state index contributed by atoms with van der Waals surface area (Å²) in [5.41, 5.74) is 3.13. The molecule has 1 aliphatic carbocycles. The number of hydrogen-bond donors (Lipinski definition) is 0. The van der Waals surface area contributed by atoms with Crippen molar-refractivity contribution in [3.63, 3.8) is 0 Å². The largest absolute Gasteiger partial charge is 0.309 e. The van der Waals surface area contributed by atoms with Crippen molar-refractivity contribution in [2.45, 2.75) is 26.7 Å². The van der Waals surface area contributed by atoms with Gasteiger partial charge in [-0.2, -0.15) is 0 Å². The highest BCUT2D eigenvalue weighted by atomic mass is 15.0. The molecule has 74 valence electrons. The fourth-order valence-corrected chi connectivity index (χ4v) is 1.78. The Morgan fingerprint density at radius 2 is 2.08 bits per heavy atom. The highest BCUT2D eigenvalue weighted by Gasteiger charge is 2.12. The molecule has 0 radical (unpaired) electrons. The first-order valence-electron chi connectivity index (χ1n) is 5.10. The molecule has 0 bridgehead atoms. The predicted molar refractivity (Wildman–Crippen MR) is 58.8 cm³/mol. The lowest BCUT2D eigenvalue weighted by Gasteiger charge is -2.21. The molecular formula is C12H21N. The van der Waals surface area contributed by atoms with Crippen molar-refractivity contribution in [2.75, 3.05) is 20.6 Å². The monoisotopic (exact) mass is 179 g/mol. The van der Waals surface area contributed by atoms with Crippen LogP contribution in [-0.2, 0) is 0 Å². The van der Waals surface area contributed by atoms with Crippen LogP contribution in [0.25, 0.3) is 0 Å². The molecule has 1 unspecified atom stereocenters. The molecule has 1 nitrogen and oxygen atoms in total. The standard InChI is InChI=1S/C12H21N/c1-10-5-6-12(11(2)9-10)7-8-13(3)4/h5-6,11H,7-9H2,1-4H3. The van der Waals surface area contributed by atoms with Crippen LogP contribution in [0.3, 0.4) is 0 Å². The summed E-state index contributed by atoms with van der Waals surface area (Å²) < 4.78 is 0. The summed E-state index contributed by atoms with van der Waals surface area (Å²) in [5.74, 6) is 0.755. The fraction of sp³-hybridized carbons (Fsp3) is 0.667. The van der Waals surface area contributed by atoms with Crippen LogP contribution in [0, 0.1) is 5.92 Å². The Bertz CT molecular complexity index is 223. The normalized spacial score (nSPS) is 23.0. The zero-order valence-electron chi connectivity index (χ0n) is 9.30. The summed E-state index contributed by atoms with van der Waals surface area (Å²) in [6.45, 7) is 5.72. The van der Waals surface area contributed by atoms with Crippen molar-refractivity contribution in [1.82, 2.24) is 4.90 Å². The summed E-state index contributed by atoms with van der Waals surface area (Å²) in [4.78, 5) is 2.25. The van der Waals surface area contributed by atoms with Gasteiger partial charge in [0.15, 0.2) is 0 Å². The Hall–Kier alpha value is -0.560. The van der Waals surface area contributed by atoms with Crippen LogP contribution < -0.4 is 0 Å². The van der Waals surface area contributed by atoms with E-state index in [1.165, 1.54) is 25.0 Å². The van der Waals surface area contributed by atoms with Gasteiger partial charge in [0, 0.05) is 6.54 Å². The minimum atomic E-state index is 0.755. The minimum absolute atomic E-state index is 0.755. The van der Waals surface area contributed by atoms with Crippen LogP contribution in [0.2, 0.25) is 0 Å². The summed E-state index contributed by atoms with van der Waals surface area (Å²) in [7, 11) is 4.27. The van der Waals surface area contributed by atoms with E-state index >= 15 is 0 Å². The highest BCUT2D eigenvalue weighted by Crippen LogP contribution is 2.26. The molecular weight excluding hydrogens is 158 g/mol. The minimum Gasteiger partial charge on any atom is -0.309 e. The Morgan fingerprint density at radius 3 is 2.62 bits per heavy atom. The molecule has 1 rings (SSSR count). The van der Waals surface area contributed by atoms with Crippen molar-refractivity contribution >= 4 is 0 Å². The maximum atomic E-state index is 2.33. The Morgan fingerprint density at radius 1 is 1.38 bits per heavy atom. The molecule has 1 heteroatoms. The molecule has 0 aromatic heterocycles. The lowest BCUT2D eigenvalue weighted by Crippen LogP contribution is -2.16. The molecule has 0 N–H and O–H groups in total. The van der Waals surface area contributed by atoms with Gasteiger partial charge < -0.3 is 4.90 Å². The van der Waals surface area contributed by atoms with E-state index < -0.39 is 0 Å². The van der Waals surface area contributed by atoms with E-state index in [4.69, 9.17) is 0 Å². The van der Waals surface area contributed by atoms with Crippen LogP contribution in [0.4, 0.5) is 0 Å². The van der Waals surface area contributed by atoms with Gasteiger partial charge in [0.05, 0.1) is 0 Å². The molecule has 1 atom stereocenters. The van der Waals surface area contributed by atoms with Crippen molar-refractivity contribution in [3.8, 4) is 0 Å². The first kappa shape index (κ1) is 10.5. The Kier molecular flexibility index (Phi) is 3.73. The van der Waals surface area contributed by atoms with Crippen LogP contribution in [-0.4, -0.2) is 25.5 Å². The average molecular weight is 179 g/mol. The van der Waals surface area contributed by atoms with E-state index in [1.807, 2.05) is 0 Å². The van der Waals surface area contributed by atoms with Crippen LogP contribution >= 0.6 is 0 Å². The predicted octanol–water partition coefficient (Wildman–Crippen LogP) is 2.85. The van der Waals surface area contributed by atoms with Gasteiger partial charge in [-0.3, -0.25) is 0 Å². The maximum absolute atomic E-state index is 2.33. The van der Waals surface area contributed by atoms with Gasteiger partial charge in [-0.05, 0) is 39.8 Å². The lowest BCUT2D eigenvalue weighted by molar-refractivity contribution is 0.404. The Labute approximate surface area is 82.1 Å². The van der Waals surface area contributed by atoms with Crippen molar-refractivity contribution in [2.24, 2.45) is 5.92 Å². The molecule has 0 saturated heterocycles. The van der Waals surface area contributed by atoms with Crippen molar-refractivity contribution in [3.05, 3.63) is 23.3 Å². The molecule has 0 fully saturated rings. The zero-order chi connectivity index (χ0) is 9.84. The van der Waals surface area contributed by atoms with Crippen LogP contribution in [0.1, 0.15) is 26.7 Å². The quantitative estimate of drug-likeness (QED) is 0.644. The number of hydrogen-bond acceptors (Lipinski definition) is 1. The van der Waals surface area contributed by atoms with Crippen molar-refractivity contribution in [1.29, 1.82) is 0 Å². The second kappa shape index (κ2) is 4.61. The van der Waals surface area contributed by atoms with E-state index in [2.05, 4.69) is 45.0 Å². The van der Waals surface area contributed by atoms with Gasteiger partial charge in [-0.1, -0.05) is 30.2 Å². The SMILES string of the molecule is CC1=CC=C(CCN(C)C)C(C)C1. The van der Waals surface area contributed by atoms with Crippen LogP contribution in [0.15, 0.2) is 23.3 Å². The van der Waals surface area contributed by atoms with Gasteiger partial charge in [-0.15, -0.1) is 0 Å². The third-order valence-corrected chi connectivity index (χ3v) is 2.69. The second-order valence-electron chi connectivity index (χ2n) is 4.41. The van der Waals surface area contributed by atoms with Gasteiger partial charge >= 0.3 is 0 Å². The molecule has 0 saturated carbocycles. The van der Waals surface area contributed by atoms with Crippen LogP contribution in [0.5, 0.6) is 0 Å². The van der Waals surface area contributed by atoms with Gasteiger partial charge in [0.2, 0.25) is 0 Å². The molecule has 0 aromatic carbocycles. The first-order valence-corrected chi connectivity index (χ1v) is 5.10. The molecule has 0 heterocycles. The summed E-state index contributed by atoms with van der Waals surface area (Å²) >= 11 is 0. The number of allylic oxidation sites excluding steroid dienone is 3. The zero-order valence-corrected chi connectivity index (χ0v) is 9.30. The molecule has 0 aliphatic heterocycles. The molecule has 0 spiro atoms. The van der Waals surface area contributed by atoms with E-state index in [1.54, 1.807) is 5.57 Å². The maximum Gasteiger partial charge on any atom is 0.00127 e. The average Bonchev–Trinajstić information content (AvgIpc) is 2.02. The van der Waals surface area contributed by atoms with Crippen molar-refractivity contribution < 1.29 is 0 Å². The summed E-state index contributed by atoms with van der Waals surface area (Å²) in [6.07, 6.45) is 7.05. The number of rotatable bonds is 3. The third-order valence-electron chi connectivity index (χ3n) is 2.69. The molecule has 0 amide bonds. The van der Waals surface area contributed by atoms with E-state index in [9.17, 15) is 0 Å². The fourth-order valence-electron chi connectivity index (χ4n) is 1.78. The Balaban J connectivity index is 2.49. The first-order chi connectivity index (χ1) is 6.09. The topological polar surface area (TPSA) is 3.24 Å². The summed E-state index contributed by atoms with van der Waals surface area (Å²) in [5, 5.41) is 0. The van der Waals surface area contributed by atoms with Gasteiger partial charge in [0.25, 0.3) is 0 Å². The molecule has 1 aliphatic rings. The lowest BCUT2D eigenvalue weighted by atomic mass is 9.87. The summed E-state index contributed by atoms with van der Waals surface area (Å²) in [6, 6.07) is 0. The van der Waals surface area contributed by atoms with E-state index in [0.717, 1.165) is 5.92 Å². The highest BCUT2D eigenvalue weighted by molar-refractivity contribution is 5.25. The molecule has 13 heavy (non-hydrogen) atoms. The molecule has 0 aromatic rings. The van der Waals surface area contributed by atoms with E-state index in [0.29, 0.717) is 0 Å².